The summed E-state index contributed by atoms with van der Waals surface area (Å²) in [6.07, 6.45) is 2.55. The summed E-state index contributed by atoms with van der Waals surface area (Å²) in [6, 6.07) is 8.77. The second-order valence-corrected chi connectivity index (χ2v) is 4.43. The molecule has 1 fully saturated rings. The molecular formula is C12H17ClN2. The zero-order valence-corrected chi connectivity index (χ0v) is 9.57. The lowest BCUT2D eigenvalue weighted by Crippen LogP contribution is -2.41. The van der Waals surface area contributed by atoms with Crippen LogP contribution in [0.25, 0.3) is 0 Å². The quantitative estimate of drug-likeness (QED) is 0.706. The molecule has 1 spiro atoms. The zero-order chi connectivity index (χ0) is 9.43. The smallest absolute Gasteiger partial charge is 0.0379 e. The average Bonchev–Trinajstić information content (AvgIpc) is 2.60. The van der Waals surface area contributed by atoms with Gasteiger partial charge in [-0.05, 0) is 37.6 Å². The maximum atomic E-state index is 3.53. The molecule has 3 heteroatoms. The third-order valence-corrected chi connectivity index (χ3v) is 3.68. The number of piperidine rings is 1. The van der Waals surface area contributed by atoms with Gasteiger partial charge in [0.15, 0.2) is 0 Å². The third-order valence-electron chi connectivity index (χ3n) is 3.68. The molecule has 2 nitrogen and oxygen atoms in total. The minimum absolute atomic E-state index is 0. The largest absolute Gasteiger partial charge is 0.384 e. The first-order valence-corrected chi connectivity index (χ1v) is 5.45. The van der Waals surface area contributed by atoms with Crippen molar-refractivity contribution in [1.29, 1.82) is 0 Å². The Bertz CT molecular complexity index is 340. The minimum Gasteiger partial charge on any atom is -0.384 e. The van der Waals surface area contributed by atoms with Gasteiger partial charge in [-0.3, -0.25) is 0 Å². The molecule has 0 saturated carbocycles. The van der Waals surface area contributed by atoms with Gasteiger partial charge in [0, 0.05) is 17.6 Å². The van der Waals surface area contributed by atoms with E-state index >= 15 is 0 Å². The lowest BCUT2D eigenvalue weighted by molar-refractivity contribution is 0.335. The Morgan fingerprint density at radius 2 is 1.80 bits per heavy atom. The number of nitrogens with one attached hydrogen (secondary N) is 2. The van der Waals surface area contributed by atoms with Crippen molar-refractivity contribution < 1.29 is 0 Å². The highest BCUT2D eigenvalue weighted by molar-refractivity contribution is 5.85. The number of rotatable bonds is 0. The van der Waals surface area contributed by atoms with Crippen LogP contribution < -0.4 is 10.6 Å². The molecule has 1 aromatic carbocycles. The van der Waals surface area contributed by atoms with Crippen LogP contribution in [0.4, 0.5) is 5.69 Å². The van der Waals surface area contributed by atoms with Crippen molar-refractivity contribution in [1.82, 2.24) is 5.32 Å². The summed E-state index contributed by atoms with van der Waals surface area (Å²) >= 11 is 0. The fraction of sp³-hybridized carbons (Fsp3) is 0.500. The summed E-state index contributed by atoms with van der Waals surface area (Å²) in [6.45, 7) is 3.46. The van der Waals surface area contributed by atoms with Crippen molar-refractivity contribution in [3.05, 3.63) is 29.8 Å². The number of fused-ring (bicyclic) bond motifs is 2. The molecule has 3 rings (SSSR count). The normalized spacial score (nSPS) is 21.6. The number of anilines is 1. The van der Waals surface area contributed by atoms with Crippen molar-refractivity contribution in [3.8, 4) is 0 Å². The van der Waals surface area contributed by atoms with E-state index in [2.05, 4.69) is 34.9 Å². The first kappa shape index (κ1) is 10.8. The van der Waals surface area contributed by atoms with Gasteiger partial charge >= 0.3 is 0 Å². The van der Waals surface area contributed by atoms with E-state index in [1.165, 1.54) is 18.5 Å². The monoisotopic (exact) mass is 224 g/mol. The highest BCUT2D eigenvalue weighted by Crippen LogP contribution is 2.42. The molecule has 82 valence electrons. The van der Waals surface area contributed by atoms with Crippen LogP contribution in [0, 0.1) is 0 Å². The molecule has 2 heterocycles. The molecule has 1 saturated heterocycles. The van der Waals surface area contributed by atoms with Crippen LogP contribution in [0.2, 0.25) is 0 Å². The second-order valence-electron chi connectivity index (χ2n) is 4.43. The molecular weight excluding hydrogens is 208 g/mol. The fourth-order valence-electron chi connectivity index (χ4n) is 2.81. The molecule has 1 aromatic rings. The molecule has 2 aliphatic heterocycles. The number of halogens is 1. The SMILES string of the molecule is Cl.c1ccc2c(c1)NCC21CCNCC1. The molecule has 0 aromatic heterocycles. The van der Waals surface area contributed by atoms with E-state index in [0.717, 1.165) is 19.6 Å². The van der Waals surface area contributed by atoms with E-state index < -0.39 is 0 Å². The predicted molar refractivity (Wildman–Crippen MR) is 66.0 cm³/mol. The summed E-state index contributed by atoms with van der Waals surface area (Å²) in [7, 11) is 0. The molecule has 0 aliphatic carbocycles. The van der Waals surface area contributed by atoms with Gasteiger partial charge in [-0.15, -0.1) is 12.4 Å². The summed E-state index contributed by atoms with van der Waals surface area (Å²) in [5.74, 6) is 0. The Balaban J connectivity index is 0.000000853. The van der Waals surface area contributed by atoms with E-state index in [1.54, 1.807) is 5.56 Å². The van der Waals surface area contributed by atoms with Crippen molar-refractivity contribution in [2.24, 2.45) is 0 Å². The van der Waals surface area contributed by atoms with Crippen molar-refractivity contribution in [3.63, 3.8) is 0 Å². The lowest BCUT2D eigenvalue weighted by Gasteiger charge is -2.33. The van der Waals surface area contributed by atoms with Crippen LogP contribution in [0.1, 0.15) is 18.4 Å². The number of para-hydroxylation sites is 1. The van der Waals surface area contributed by atoms with Gasteiger partial charge in [0.05, 0.1) is 0 Å². The minimum atomic E-state index is 0. The lowest BCUT2D eigenvalue weighted by atomic mass is 9.75. The second kappa shape index (κ2) is 4.03. The maximum absolute atomic E-state index is 3.53. The van der Waals surface area contributed by atoms with Gasteiger partial charge in [0.25, 0.3) is 0 Å². The Morgan fingerprint density at radius 1 is 1.07 bits per heavy atom. The summed E-state index contributed by atoms with van der Waals surface area (Å²) < 4.78 is 0. The van der Waals surface area contributed by atoms with Gasteiger partial charge < -0.3 is 10.6 Å². The van der Waals surface area contributed by atoms with Crippen LogP contribution in [-0.4, -0.2) is 19.6 Å². The Morgan fingerprint density at radius 3 is 2.60 bits per heavy atom. The maximum Gasteiger partial charge on any atom is 0.0379 e. The van der Waals surface area contributed by atoms with Gasteiger partial charge in [-0.2, -0.15) is 0 Å². The van der Waals surface area contributed by atoms with Crippen molar-refractivity contribution in [2.45, 2.75) is 18.3 Å². The zero-order valence-electron chi connectivity index (χ0n) is 8.75. The van der Waals surface area contributed by atoms with Gasteiger partial charge in [0.1, 0.15) is 0 Å². The van der Waals surface area contributed by atoms with Crippen molar-refractivity contribution >= 4 is 18.1 Å². The molecule has 0 atom stereocenters. The highest BCUT2D eigenvalue weighted by atomic mass is 35.5. The van der Waals surface area contributed by atoms with Crippen LogP contribution >= 0.6 is 12.4 Å². The highest BCUT2D eigenvalue weighted by Gasteiger charge is 2.39. The van der Waals surface area contributed by atoms with Gasteiger partial charge in [-0.1, -0.05) is 18.2 Å². The first-order valence-electron chi connectivity index (χ1n) is 5.45. The first-order chi connectivity index (χ1) is 6.91. The Hall–Kier alpha value is -0.730. The number of hydrogen-bond acceptors (Lipinski definition) is 2. The van der Waals surface area contributed by atoms with Crippen LogP contribution in [-0.2, 0) is 5.41 Å². The fourth-order valence-corrected chi connectivity index (χ4v) is 2.81. The number of hydrogen-bond donors (Lipinski definition) is 2. The standard InChI is InChI=1S/C12H16N2.ClH/c1-2-4-11-10(3-1)12(9-14-11)5-7-13-8-6-12;/h1-4,13-14H,5-9H2;1H. The van der Waals surface area contributed by atoms with E-state index in [1.807, 2.05) is 0 Å². The van der Waals surface area contributed by atoms with Crippen LogP contribution in [0.15, 0.2) is 24.3 Å². The third kappa shape index (κ3) is 1.62. The predicted octanol–water partition coefficient (Wildman–Crippen LogP) is 2.16. The number of benzene rings is 1. The molecule has 0 unspecified atom stereocenters. The van der Waals surface area contributed by atoms with Gasteiger partial charge in [0.2, 0.25) is 0 Å². The van der Waals surface area contributed by atoms with Crippen molar-refractivity contribution in [2.75, 3.05) is 25.0 Å². The van der Waals surface area contributed by atoms with E-state index in [9.17, 15) is 0 Å². The molecule has 0 bridgehead atoms. The summed E-state index contributed by atoms with van der Waals surface area (Å²) in [5, 5.41) is 6.97. The topological polar surface area (TPSA) is 24.1 Å². The molecule has 15 heavy (non-hydrogen) atoms. The summed E-state index contributed by atoms with van der Waals surface area (Å²) in [4.78, 5) is 0. The van der Waals surface area contributed by atoms with Crippen LogP contribution in [0.5, 0.6) is 0 Å². The van der Waals surface area contributed by atoms with Gasteiger partial charge in [-0.25, -0.2) is 0 Å². The van der Waals surface area contributed by atoms with Crippen LogP contribution in [0.3, 0.4) is 0 Å². The molecule has 0 amide bonds. The summed E-state index contributed by atoms with van der Waals surface area (Å²) in [5.41, 5.74) is 3.33. The molecule has 2 N–H and O–H groups in total. The Kier molecular flexibility index (Phi) is 2.89. The van der Waals surface area contributed by atoms with E-state index in [0.29, 0.717) is 5.41 Å². The molecule has 2 aliphatic rings. The van der Waals surface area contributed by atoms with E-state index in [-0.39, 0.29) is 12.4 Å². The van der Waals surface area contributed by atoms with E-state index in [4.69, 9.17) is 0 Å². The Labute approximate surface area is 96.9 Å². The molecule has 0 radical (unpaired) electrons. The average molecular weight is 225 g/mol.